The SMILES string of the molecule is O=C(COC(=O)c1ccc(Oc2ccccc2)cc1)NNC(=O)c1ccccc1. The Hall–Kier alpha value is -4.13. The van der Waals surface area contributed by atoms with Gasteiger partial charge in [-0.1, -0.05) is 36.4 Å². The average Bonchev–Trinajstić information content (AvgIpc) is 2.77. The van der Waals surface area contributed by atoms with E-state index >= 15 is 0 Å². The number of hydrogen-bond donors (Lipinski definition) is 2. The van der Waals surface area contributed by atoms with Gasteiger partial charge in [0.2, 0.25) is 0 Å². The Bertz CT molecular complexity index is 973. The maximum absolute atomic E-state index is 12.0. The van der Waals surface area contributed by atoms with Crippen molar-refractivity contribution in [3.05, 3.63) is 96.1 Å². The molecule has 3 aromatic carbocycles. The van der Waals surface area contributed by atoms with Crippen molar-refractivity contribution in [1.82, 2.24) is 10.9 Å². The lowest BCUT2D eigenvalue weighted by Crippen LogP contribution is -2.43. The molecule has 0 aliphatic carbocycles. The number of ether oxygens (including phenoxy) is 2. The third-order valence-electron chi connectivity index (χ3n) is 3.75. The smallest absolute Gasteiger partial charge is 0.338 e. The molecule has 2 N–H and O–H groups in total. The van der Waals surface area contributed by atoms with Gasteiger partial charge in [-0.25, -0.2) is 4.79 Å². The van der Waals surface area contributed by atoms with Gasteiger partial charge in [-0.15, -0.1) is 0 Å². The Morgan fingerprint density at radius 3 is 1.90 bits per heavy atom. The van der Waals surface area contributed by atoms with Gasteiger partial charge in [-0.2, -0.15) is 0 Å². The third kappa shape index (κ3) is 5.93. The summed E-state index contributed by atoms with van der Waals surface area (Å²) >= 11 is 0. The van der Waals surface area contributed by atoms with E-state index in [1.54, 1.807) is 42.5 Å². The van der Waals surface area contributed by atoms with Crippen LogP contribution in [0.15, 0.2) is 84.9 Å². The van der Waals surface area contributed by atoms with E-state index in [9.17, 15) is 14.4 Å². The first-order valence-electron chi connectivity index (χ1n) is 8.76. The molecule has 0 fully saturated rings. The summed E-state index contributed by atoms with van der Waals surface area (Å²) in [6.07, 6.45) is 0. The number of rotatable bonds is 6. The van der Waals surface area contributed by atoms with Gasteiger partial charge in [-0.05, 0) is 48.5 Å². The number of carbonyl (C=O) groups is 3. The second-order valence-corrected chi connectivity index (χ2v) is 5.88. The van der Waals surface area contributed by atoms with E-state index in [0.29, 0.717) is 17.1 Å². The van der Waals surface area contributed by atoms with Crippen molar-refractivity contribution in [1.29, 1.82) is 0 Å². The van der Waals surface area contributed by atoms with Crippen molar-refractivity contribution in [3.8, 4) is 11.5 Å². The third-order valence-corrected chi connectivity index (χ3v) is 3.75. The molecule has 2 amide bonds. The predicted molar refractivity (Wildman–Crippen MR) is 105 cm³/mol. The van der Waals surface area contributed by atoms with Crippen LogP contribution < -0.4 is 15.6 Å². The first-order valence-corrected chi connectivity index (χ1v) is 8.76. The van der Waals surface area contributed by atoms with E-state index in [0.717, 1.165) is 0 Å². The zero-order chi connectivity index (χ0) is 20.5. The van der Waals surface area contributed by atoms with E-state index in [1.165, 1.54) is 12.1 Å². The van der Waals surface area contributed by atoms with Crippen molar-refractivity contribution < 1.29 is 23.9 Å². The number of hydrogen-bond acceptors (Lipinski definition) is 5. The summed E-state index contributed by atoms with van der Waals surface area (Å²) in [5, 5.41) is 0. The minimum atomic E-state index is -0.666. The Morgan fingerprint density at radius 1 is 0.655 bits per heavy atom. The van der Waals surface area contributed by atoms with Crippen LogP contribution >= 0.6 is 0 Å². The van der Waals surface area contributed by atoms with Crippen LogP contribution in [0.1, 0.15) is 20.7 Å². The second kappa shape index (κ2) is 9.70. The summed E-state index contributed by atoms with van der Waals surface area (Å²) in [5.41, 5.74) is 5.10. The number of esters is 1. The highest BCUT2D eigenvalue weighted by molar-refractivity contribution is 5.96. The molecule has 3 rings (SSSR count). The van der Waals surface area contributed by atoms with Crippen LogP contribution in [0.2, 0.25) is 0 Å². The van der Waals surface area contributed by atoms with Crippen LogP contribution in [0.4, 0.5) is 0 Å². The molecule has 0 aliphatic heterocycles. The quantitative estimate of drug-likeness (QED) is 0.498. The fourth-order valence-electron chi connectivity index (χ4n) is 2.32. The molecule has 0 radical (unpaired) electrons. The highest BCUT2D eigenvalue weighted by Crippen LogP contribution is 2.21. The minimum absolute atomic E-state index is 0.270. The second-order valence-electron chi connectivity index (χ2n) is 5.88. The molecular formula is C22H18N2O5. The van der Waals surface area contributed by atoms with Crippen LogP contribution in [0.5, 0.6) is 11.5 Å². The van der Waals surface area contributed by atoms with Crippen molar-refractivity contribution in [2.45, 2.75) is 0 Å². The average molecular weight is 390 g/mol. The molecule has 7 nitrogen and oxygen atoms in total. The van der Waals surface area contributed by atoms with Crippen LogP contribution in [0.25, 0.3) is 0 Å². The number of carbonyl (C=O) groups excluding carboxylic acids is 3. The maximum Gasteiger partial charge on any atom is 0.338 e. The van der Waals surface area contributed by atoms with Gasteiger partial charge in [0.1, 0.15) is 11.5 Å². The normalized spacial score (nSPS) is 9.93. The number of benzene rings is 3. The lowest BCUT2D eigenvalue weighted by molar-refractivity contribution is -0.125. The largest absolute Gasteiger partial charge is 0.457 e. The van der Waals surface area contributed by atoms with Crippen molar-refractivity contribution in [3.63, 3.8) is 0 Å². The Kier molecular flexibility index (Phi) is 6.57. The Morgan fingerprint density at radius 2 is 1.24 bits per heavy atom. The molecule has 0 saturated heterocycles. The fourth-order valence-corrected chi connectivity index (χ4v) is 2.32. The highest BCUT2D eigenvalue weighted by atomic mass is 16.5. The molecule has 0 unspecified atom stereocenters. The van der Waals surface area contributed by atoms with E-state index < -0.39 is 24.4 Å². The molecule has 146 valence electrons. The lowest BCUT2D eigenvalue weighted by Gasteiger charge is -2.09. The van der Waals surface area contributed by atoms with E-state index in [2.05, 4.69) is 10.9 Å². The Labute approximate surface area is 167 Å². The van der Waals surface area contributed by atoms with Gasteiger partial charge < -0.3 is 9.47 Å². The monoisotopic (exact) mass is 390 g/mol. The molecular weight excluding hydrogens is 372 g/mol. The summed E-state index contributed by atoms with van der Waals surface area (Å²) < 4.78 is 10.6. The van der Waals surface area contributed by atoms with Crippen LogP contribution in [-0.4, -0.2) is 24.4 Å². The van der Waals surface area contributed by atoms with Gasteiger partial charge in [0, 0.05) is 5.56 Å². The van der Waals surface area contributed by atoms with E-state index in [1.807, 2.05) is 30.3 Å². The number of para-hydroxylation sites is 1. The molecule has 0 heterocycles. The summed E-state index contributed by atoms with van der Waals surface area (Å²) in [6, 6.07) is 23.9. The van der Waals surface area contributed by atoms with Crippen molar-refractivity contribution in [2.24, 2.45) is 0 Å². The minimum Gasteiger partial charge on any atom is -0.457 e. The van der Waals surface area contributed by atoms with Gasteiger partial charge in [0.25, 0.3) is 11.8 Å². The Balaban J connectivity index is 1.44. The lowest BCUT2D eigenvalue weighted by atomic mass is 10.2. The molecule has 0 aliphatic rings. The van der Waals surface area contributed by atoms with Crippen LogP contribution in [0.3, 0.4) is 0 Å². The van der Waals surface area contributed by atoms with Gasteiger partial charge in [0.05, 0.1) is 5.56 Å². The van der Waals surface area contributed by atoms with Gasteiger partial charge in [-0.3, -0.25) is 20.4 Å². The zero-order valence-electron chi connectivity index (χ0n) is 15.3. The summed E-state index contributed by atoms with van der Waals surface area (Å²) in [6.45, 7) is -0.532. The number of hydrazine groups is 1. The molecule has 7 heteroatoms. The molecule has 0 aromatic heterocycles. The van der Waals surface area contributed by atoms with Crippen LogP contribution in [0, 0.1) is 0 Å². The standard InChI is InChI=1S/C22H18N2O5/c25-20(23-24-21(26)16-7-3-1-4-8-16)15-28-22(27)17-11-13-19(14-12-17)29-18-9-5-2-6-10-18/h1-14H,15H2,(H,23,25)(H,24,26). The number of nitrogens with one attached hydrogen (secondary N) is 2. The molecule has 0 atom stereocenters. The summed E-state index contributed by atoms with van der Waals surface area (Å²) in [7, 11) is 0. The fraction of sp³-hybridized carbons (Fsp3) is 0.0455. The molecule has 3 aromatic rings. The molecule has 29 heavy (non-hydrogen) atoms. The first kappa shape index (κ1) is 19.6. The predicted octanol–water partition coefficient (Wildman–Crippen LogP) is 3.10. The number of amides is 2. The van der Waals surface area contributed by atoms with Gasteiger partial charge >= 0.3 is 5.97 Å². The zero-order valence-corrected chi connectivity index (χ0v) is 15.3. The molecule has 0 spiro atoms. The summed E-state index contributed by atoms with van der Waals surface area (Å²) in [4.78, 5) is 35.6. The van der Waals surface area contributed by atoms with Gasteiger partial charge in [0.15, 0.2) is 6.61 Å². The summed E-state index contributed by atoms with van der Waals surface area (Å²) in [5.74, 6) is -0.557. The maximum atomic E-state index is 12.0. The topological polar surface area (TPSA) is 93.7 Å². The van der Waals surface area contributed by atoms with E-state index in [-0.39, 0.29) is 5.56 Å². The van der Waals surface area contributed by atoms with Crippen molar-refractivity contribution >= 4 is 17.8 Å². The highest BCUT2D eigenvalue weighted by Gasteiger charge is 2.12. The molecule has 0 saturated carbocycles. The molecule has 0 bridgehead atoms. The first-order chi connectivity index (χ1) is 14.1. The van der Waals surface area contributed by atoms with Crippen molar-refractivity contribution in [2.75, 3.05) is 6.61 Å². The van der Waals surface area contributed by atoms with Crippen LogP contribution in [-0.2, 0) is 9.53 Å². The van der Waals surface area contributed by atoms with E-state index in [4.69, 9.17) is 9.47 Å².